The molecule has 5 nitrogen and oxygen atoms in total. The Labute approximate surface area is 105 Å². The second kappa shape index (κ2) is 5.34. The highest BCUT2D eigenvalue weighted by atomic mass is 16.5. The molecular formula is C13H14N4O. The number of rotatable bonds is 4. The summed E-state index contributed by atoms with van der Waals surface area (Å²) in [6.45, 7) is 2.27. The van der Waals surface area contributed by atoms with Crippen LogP contribution in [0.2, 0.25) is 0 Å². The Morgan fingerprint density at radius 1 is 1.50 bits per heavy atom. The van der Waals surface area contributed by atoms with Crippen molar-refractivity contribution in [3.63, 3.8) is 0 Å². The van der Waals surface area contributed by atoms with E-state index in [1.54, 1.807) is 18.5 Å². The van der Waals surface area contributed by atoms with Gasteiger partial charge in [0.1, 0.15) is 17.9 Å². The number of H-pyrrole nitrogens is 1. The van der Waals surface area contributed by atoms with E-state index in [-0.39, 0.29) is 6.10 Å². The van der Waals surface area contributed by atoms with Crippen molar-refractivity contribution in [3.05, 3.63) is 36.2 Å². The number of nitrogens with zero attached hydrogens (tertiary/aromatic N) is 2. The first-order valence-electron chi connectivity index (χ1n) is 5.64. The third-order valence-corrected chi connectivity index (χ3v) is 2.59. The van der Waals surface area contributed by atoms with E-state index in [9.17, 15) is 0 Å². The van der Waals surface area contributed by atoms with Crippen molar-refractivity contribution >= 4 is 0 Å². The van der Waals surface area contributed by atoms with Crippen molar-refractivity contribution in [2.75, 3.05) is 6.54 Å². The van der Waals surface area contributed by atoms with Crippen LogP contribution in [0, 0.1) is 11.3 Å². The molecule has 0 unspecified atom stereocenters. The lowest BCUT2D eigenvalue weighted by Crippen LogP contribution is -2.23. The van der Waals surface area contributed by atoms with E-state index in [1.165, 1.54) is 0 Å². The third kappa shape index (κ3) is 2.50. The number of nitrogens with two attached hydrogens (primary N) is 1. The fourth-order valence-corrected chi connectivity index (χ4v) is 1.57. The highest BCUT2D eigenvalue weighted by Crippen LogP contribution is 2.27. The van der Waals surface area contributed by atoms with Crippen LogP contribution in [-0.2, 0) is 0 Å². The molecule has 92 valence electrons. The van der Waals surface area contributed by atoms with Gasteiger partial charge < -0.3 is 10.5 Å². The lowest BCUT2D eigenvalue weighted by molar-refractivity contribution is 0.229. The minimum atomic E-state index is -0.128. The SMILES string of the molecule is C[C@@H](CN)Oc1cc(-c2cn[nH]c2)ccc1C#N. The quantitative estimate of drug-likeness (QED) is 0.853. The number of nitriles is 1. The zero-order valence-corrected chi connectivity index (χ0v) is 10.1. The van der Waals surface area contributed by atoms with Crippen LogP contribution in [0.3, 0.4) is 0 Å². The normalized spacial score (nSPS) is 11.8. The Kier molecular flexibility index (Phi) is 3.60. The van der Waals surface area contributed by atoms with Gasteiger partial charge in [-0.05, 0) is 24.6 Å². The van der Waals surface area contributed by atoms with Gasteiger partial charge in [0.05, 0.1) is 11.8 Å². The van der Waals surface area contributed by atoms with Gasteiger partial charge >= 0.3 is 0 Å². The summed E-state index contributed by atoms with van der Waals surface area (Å²) < 4.78 is 5.65. The first-order valence-corrected chi connectivity index (χ1v) is 5.64. The molecule has 18 heavy (non-hydrogen) atoms. The molecule has 0 aliphatic heterocycles. The van der Waals surface area contributed by atoms with Crippen LogP contribution in [-0.4, -0.2) is 22.8 Å². The smallest absolute Gasteiger partial charge is 0.138 e. The Morgan fingerprint density at radius 3 is 2.94 bits per heavy atom. The predicted octanol–water partition coefficient (Wildman–Crippen LogP) is 1.67. The van der Waals surface area contributed by atoms with E-state index in [2.05, 4.69) is 16.3 Å². The lowest BCUT2D eigenvalue weighted by atomic mass is 10.1. The molecule has 2 rings (SSSR count). The van der Waals surface area contributed by atoms with Crippen molar-refractivity contribution in [3.8, 4) is 22.9 Å². The molecule has 3 N–H and O–H groups in total. The monoisotopic (exact) mass is 242 g/mol. The fraction of sp³-hybridized carbons (Fsp3) is 0.231. The van der Waals surface area contributed by atoms with Gasteiger partial charge in [0.15, 0.2) is 0 Å². The van der Waals surface area contributed by atoms with Gasteiger partial charge in [-0.1, -0.05) is 6.07 Å². The molecule has 2 aromatic rings. The molecule has 1 aromatic carbocycles. The zero-order valence-electron chi connectivity index (χ0n) is 10.1. The van der Waals surface area contributed by atoms with Crippen LogP contribution in [0.1, 0.15) is 12.5 Å². The molecule has 0 radical (unpaired) electrons. The van der Waals surface area contributed by atoms with Gasteiger partial charge in [-0.2, -0.15) is 10.4 Å². The molecule has 0 amide bonds. The van der Waals surface area contributed by atoms with Gasteiger partial charge in [0, 0.05) is 18.3 Å². The topological polar surface area (TPSA) is 87.7 Å². The van der Waals surface area contributed by atoms with Crippen LogP contribution in [0.25, 0.3) is 11.1 Å². The number of nitrogens with one attached hydrogen (secondary N) is 1. The lowest BCUT2D eigenvalue weighted by Gasteiger charge is -2.14. The molecule has 0 spiro atoms. The summed E-state index contributed by atoms with van der Waals surface area (Å²) in [6, 6.07) is 7.54. The molecule has 0 fully saturated rings. The summed E-state index contributed by atoms with van der Waals surface area (Å²) in [5.74, 6) is 0.550. The average molecular weight is 242 g/mol. The van der Waals surface area contributed by atoms with Gasteiger partial charge in [0.25, 0.3) is 0 Å². The van der Waals surface area contributed by atoms with Crippen LogP contribution < -0.4 is 10.5 Å². The number of ether oxygens (including phenoxy) is 1. The molecule has 0 aliphatic rings. The Morgan fingerprint density at radius 2 is 2.33 bits per heavy atom. The summed E-state index contributed by atoms with van der Waals surface area (Å²) >= 11 is 0. The number of hydrogen-bond donors (Lipinski definition) is 2. The highest BCUT2D eigenvalue weighted by Gasteiger charge is 2.09. The fourth-order valence-electron chi connectivity index (χ4n) is 1.57. The van der Waals surface area contributed by atoms with Gasteiger partial charge in [0.2, 0.25) is 0 Å². The van der Waals surface area contributed by atoms with E-state index in [1.807, 2.05) is 19.1 Å². The number of aromatic nitrogens is 2. The third-order valence-electron chi connectivity index (χ3n) is 2.59. The molecule has 0 bridgehead atoms. The van der Waals surface area contributed by atoms with Gasteiger partial charge in [-0.15, -0.1) is 0 Å². The highest BCUT2D eigenvalue weighted by molar-refractivity contribution is 5.65. The molecule has 0 saturated carbocycles. The molecule has 0 aliphatic carbocycles. The summed E-state index contributed by atoms with van der Waals surface area (Å²) in [5.41, 5.74) is 7.92. The Bertz CT molecular complexity index is 557. The molecule has 1 aromatic heterocycles. The molecule has 1 atom stereocenters. The van der Waals surface area contributed by atoms with Crippen molar-refractivity contribution in [1.29, 1.82) is 5.26 Å². The van der Waals surface area contributed by atoms with Crippen LogP contribution in [0.15, 0.2) is 30.6 Å². The standard InChI is InChI=1S/C13H14N4O/c1-9(5-14)18-13-4-10(2-3-11(13)6-15)12-7-16-17-8-12/h2-4,7-9H,5,14H2,1H3,(H,16,17)/t9-/m0/s1. The van der Waals surface area contributed by atoms with E-state index in [0.29, 0.717) is 17.9 Å². The van der Waals surface area contributed by atoms with Crippen molar-refractivity contribution < 1.29 is 4.74 Å². The molecule has 5 heteroatoms. The van der Waals surface area contributed by atoms with E-state index < -0.39 is 0 Å². The summed E-state index contributed by atoms with van der Waals surface area (Å²) in [7, 11) is 0. The largest absolute Gasteiger partial charge is 0.488 e. The Hall–Kier alpha value is -2.32. The first kappa shape index (κ1) is 12.1. The summed E-state index contributed by atoms with van der Waals surface area (Å²) in [5, 5.41) is 15.7. The maximum Gasteiger partial charge on any atom is 0.138 e. The minimum absolute atomic E-state index is 0.128. The van der Waals surface area contributed by atoms with Crippen LogP contribution >= 0.6 is 0 Å². The molecule has 0 saturated heterocycles. The van der Waals surface area contributed by atoms with Gasteiger partial charge in [-0.25, -0.2) is 0 Å². The maximum atomic E-state index is 9.05. The van der Waals surface area contributed by atoms with E-state index >= 15 is 0 Å². The maximum absolute atomic E-state index is 9.05. The number of aromatic amines is 1. The Balaban J connectivity index is 2.37. The van der Waals surface area contributed by atoms with Crippen molar-refractivity contribution in [2.45, 2.75) is 13.0 Å². The first-order chi connectivity index (χ1) is 8.74. The van der Waals surface area contributed by atoms with E-state index in [0.717, 1.165) is 11.1 Å². The second-order valence-electron chi connectivity index (χ2n) is 3.97. The second-order valence-corrected chi connectivity index (χ2v) is 3.97. The summed E-state index contributed by atoms with van der Waals surface area (Å²) in [4.78, 5) is 0. The van der Waals surface area contributed by atoms with Gasteiger partial charge in [-0.3, -0.25) is 5.10 Å². The minimum Gasteiger partial charge on any atom is -0.488 e. The van der Waals surface area contributed by atoms with Crippen molar-refractivity contribution in [1.82, 2.24) is 10.2 Å². The van der Waals surface area contributed by atoms with Crippen molar-refractivity contribution in [2.24, 2.45) is 5.73 Å². The molecule has 1 heterocycles. The number of benzene rings is 1. The van der Waals surface area contributed by atoms with E-state index in [4.69, 9.17) is 15.7 Å². The number of hydrogen-bond acceptors (Lipinski definition) is 4. The average Bonchev–Trinajstić information content (AvgIpc) is 2.92. The zero-order chi connectivity index (χ0) is 13.0. The predicted molar refractivity (Wildman–Crippen MR) is 67.9 cm³/mol. The molecular weight excluding hydrogens is 228 g/mol. The van der Waals surface area contributed by atoms with Crippen LogP contribution in [0.5, 0.6) is 5.75 Å². The van der Waals surface area contributed by atoms with Crippen LogP contribution in [0.4, 0.5) is 0 Å². The summed E-state index contributed by atoms with van der Waals surface area (Å²) in [6.07, 6.45) is 3.38.